The van der Waals surface area contributed by atoms with Crippen LogP contribution >= 0.6 is 0 Å². The van der Waals surface area contributed by atoms with Crippen LogP contribution in [0.1, 0.15) is 33.3 Å². The Hall–Kier alpha value is -1.40. The van der Waals surface area contributed by atoms with E-state index in [9.17, 15) is 8.78 Å². The van der Waals surface area contributed by atoms with E-state index in [1.807, 2.05) is 58.0 Å². The van der Waals surface area contributed by atoms with Gasteiger partial charge in [-0.1, -0.05) is 30.3 Å². The van der Waals surface area contributed by atoms with Crippen LogP contribution in [0.4, 0.5) is 8.78 Å². The molecular weight excluding hydrogens is 289 g/mol. The first-order valence-electron chi connectivity index (χ1n) is 7.40. The quantitative estimate of drug-likeness (QED) is 0.491. The molecule has 0 saturated heterocycles. The third-order valence-electron chi connectivity index (χ3n) is 2.67. The van der Waals surface area contributed by atoms with Crippen molar-refractivity contribution in [1.82, 2.24) is 0 Å². The van der Waals surface area contributed by atoms with Gasteiger partial charge in [0, 0.05) is 18.5 Å². The molecule has 0 radical (unpaired) electrons. The number of hydrogen-bond donors (Lipinski definition) is 0. The number of allylic oxidation sites excluding steroid dienone is 1. The van der Waals surface area contributed by atoms with Gasteiger partial charge in [0.05, 0.1) is 0 Å². The molecule has 3 nitrogen and oxygen atoms in total. The Morgan fingerprint density at radius 1 is 1.00 bits per heavy atom. The highest BCUT2D eigenvalue weighted by Crippen LogP contribution is 2.20. The molecule has 0 atom stereocenters. The molecule has 0 amide bonds. The van der Waals surface area contributed by atoms with Gasteiger partial charge in [-0.3, -0.25) is 0 Å². The fraction of sp³-hybridized carbons (Fsp3) is 0.500. The second kappa shape index (κ2) is 9.59. The maximum Gasteiger partial charge on any atom is 0.465 e. The second-order valence-corrected chi connectivity index (χ2v) is 5.46. The van der Waals surface area contributed by atoms with Crippen molar-refractivity contribution >= 4 is 7.12 Å². The Balaban J connectivity index is 2.67. The molecule has 0 bridgehead atoms. The smallest absolute Gasteiger partial charge is 0.465 e. The highest BCUT2D eigenvalue weighted by molar-refractivity contribution is 6.45. The van der Waals surface area contributed by atoms with Crippen LogP contribution < -0.4 is 0 Å². The molecule has 6 heteroatoms. The molecular formula is C16H23BF2O3. The van der Waals surface area contributed by atoms with E-state index in [4.69, 9.17) is 14.0 Å². The number of rotatable bonds is 9. The fourth-order valence-electron chi connectivity index (χ4n) is 1.82. The van der Waals surface area contributed by atoms with Crippen molar-refractivity contribution < 1.29 is 22.8 Å². The van der Waals surface area contributed by atoms with Crippen LogP contribution in [-0.2, 0) is 20.7 Å². The predicted octanol–water partition coefficient (Wildman–Crippen LogP) is 4.65. The van der Waals surface area contributed by atoms with E-state index < -0.39 is 19.0 Å². The summed E-state index contributed by atoms with van der Waals surface area (Å²) >= 11 is 0. The molecule has 22 heavy (non-hydrogen) atoms. The molecule has 1 aromatic rings. The first-order valence-corrected chi connectivity index (χ1v) is 7.40. The van der Waals surface area contributed by atoms with E-state index in [0.29, 0.717) is 0 Å². The van der Waals surface area contributed by atoms with Crippen LogP contribution in [0, 0.1) is 0 Å². The van der Waals surface area contributed by atoms with Gasteiger partial charge in [0.2, 0.25) is 0 Å². The van der Waals surface area contributed by atoms with Crippen LogP contribution in [0.5, 0.6) is 0 Å². The lowest BCUT2D eigenvalue weighted by Crippen LogP contribution is -2.30. The Labute approximate surface area is 131 Å². The summed E-state index contributed by atoms with van der Waals surface area (Å²) in [7, 11) is -0.757. The SMILES string of the molecule is CC(C)OB(CC(OCc1ccccc1)=C(F)F)OC(C)C. The van der Waals surface area contributed by atoms with Crippen molar-refractivity contribution in [2.45, 2.75) is 52.8 Å². The molecule has 0 aliphatic rings. The number of ether oxygens (including phenoxy) is 1. The van der Waals surface area contributed by atoms with Gasteiger partial charge in [-0.25, -0.2) is 0 Å². The standard InChI is InChI=1S/C16H23BF2O3/c1-12(2)21-17(22-13(3)4)10-15(16(18)19)20-11-14-8-6-5-7-9-14/h5-9,12-13H,10-11H2,1-4H3. The summed E-state index contributed by atoms with van der Waals surface area (Å²) in [4.78, 5) is 0. The maximum absolute atomic E-state index is 13.1. The van der Waals surface area contributed by atoms with E-state index in [-0.39, 0.29) is 25.1 Å². The Bertz CT molecular complexity index is 450. The molecule has 0 unspecified atom stereocenters. The predicted molar refractivity (Wildman–Crippen MR) is 83.5 cm³/mol. The molecule has 0 spiro atoms. The summed E-state index contributed by atoms with van der Waals surface area (Å²) in [6.07, 6.45) is -2.21. The van der Waals surface area contributed by atoms with Gasteiger partial charge in [0.15, 0.2) is 5.76 Å². The van der Waals surface area contributed by atoms with Gasteiger partial charge in [-0.05, 0) is 33.3 Å². The van der Waals surface area contributed by atoms with Gasteiger partial charge >= 0.3 is 13.2 Å². The Morgan fingerprint density at radius 2 is 1.55 bits per heavy atom. The number of halogens is 2. The first-order chi connectivity index (χ1) is 10.4. The lowest BCUT2D eigenvalue weighted by atomic mass is 9.82. The second-order valence-electron chi connectivity index (χ2n) is 5.46. The molecule has 0 saturated carbocycles. The van der Waals surface area contributed by atoms with Crippen LogP contribution in [0.25, 0.3) is 0 Å². The van der Waals surface area contributed by atoms with Crippen LogP contribution in [0.3, 0.4) is 0 Å². The summed E-state index contributed by atoms with van der Waals surface area (Å²) in [6, 6.07) is 9.17. The van der Waals surface area contributed by atoms with Crippen molar-refractivity contribution in [3.05, 3.63) is 47.7 Å². The topological polar surface area (TPSA) is 27.7 Å². The minimum Gasteiger partial charge on any atom is -0.488 e. The third-order valence-corrected chi connectivity index (χ3v) is 2.67. The molecule has 0 aliphatic heterocycles. The Kier molecular flexibility index (Phi) is 8.13. The van der Waals surface area contributed by atoms with Crippen LogP contribution in [0.2, 0.25) is 6.32 Å². The molecule has 1 rings (SSSR count). The van der Waals surface area contributed by atoms with E-state index in [2.05, 4.69) is 0 Å². The van der Waals surface area contributed by atoms with Crippen molar-refractivity contribution in [1.29, 1.82) is 0 Å². The van der Waals surface area contributed by atoms with Gasteiger partial charge in [0.1, 0.15) is 6.61 Å². The maximum atomic E-state index is 13.1. The molecule has 0 N–H and O–H groups in total. The first kappa shape index (κ1) is 18.7. The monoisotopic (exact) mass is 312 g/mol. The minimum absolute atomic E-state index is 0.0869. The Morgan fingerprint density at radius 3 is 2.00 bits per heavy atom. The summed E-state index contributed by atoms with van der Waals surface area (Å²) < 4.78 is 42.5. The molecule has 0 heterocycles. The summed E-state index contributed by atoms with van der Waals surface area (Å²) in [6.45, 7) is 7.41. The van der Waals surface area contributed by atoms with Crippen molar-refractivity contribution in [3.8, 4) is 0 Å². The summed E-state index contributed by atoms with van der Waals surface area (Å²) in [5.74, 6) is -0.393. The molecule has 122 valence electrons. The van der Waals surface area contributed by atoms with E-state index in [0.717, 1.165) is 5.56 Å². The van der Waals surface area contributed by atoms with Gasteiger partial charge < -0.3 is 14.0 Å². The van der Waals surface area contributed by atoms with Crippen molar-refractivity contribution in [2.75, 3.05) is 0 Å². The van der Waals surface area contributed by atoms with Crippen LogP contribution in [-0.4, -0.2) is 19.3 Å². The molecule has 0 aromatic heterocycles. The average molecular weight is 312 g/mol. The zero-order valence-electron chi connectivity index (χ0n) is 13.5. The number of benzene rings is 1. The largest absolute Gasteiger partial charge is 0.488 e. The molecule has 1 aromatic carbocycles. The van der Waals surface area contributed by atoms with E-state index in [1.165, 1.54) is 0 Å². The zero-order valence-corrected chi connectivity index (χ0v) is 13.5. The van der Waals surface area contributed by atoms with Gasteiger partial charge in [0.25, 0.3) is 0 Å². The van der Waals surface area contributed by atoms with Gasteiger partial charge in [-0.2, -0.15) is 8.78 Å². The number of hydrogen-bond acceptors (Lipinski definition) is 3. The van der Waals surface area contributed by atoms with E-state index in [1.54, 1.807) is 0 Å². The van der Waals surface area contributed by atoms with Crippen molar-refractivity contribution in [2.24, 2.45) is 0 Å². The third kappa shape index (κ3) is 7.57. The average Bonchev–Trinajstić information content (AvgIpc) is 2.42. The normalized spacial score (nSPS) is 10.9. The zero-order chi connectivity index (χ0) is 16.5. The van der Waals surface area contributed by atoms with E-state index >= 15 is 0 Å². The molecule has 0 aliphatic carbocycles. The fourth-order valence-corrected chi connectivity index (χ4v) is 1.82. The van der Waals surface area contributed by atoms with Crippen molar-refractivity contribution in [3.63, 3.8) is 0 Å². The highest BCUT2D eigenvalue weighted by atomic mass is 19.3. The molecule has 0 fully saturated rings. The lowest BCUT2D eigenvalue weighted by molar-refractivity contribution is 0.120. The minimum atomic E-state index is -1.85. The highest BCUT2D eigenvalue weighted by Gasteiger charge is 2.26. The van der Waals surface area contributed by atoms with Crippen LogP contribution in [0.15, 0.2) is 42.2 Å². The summed E-state index contributed by atoms with van der Waals surface area (Å²) in [5.41, 5.74) is 0.826. The lowest BCUT2D eigenvalue weighted by Gasteiger charge is -2.20. The summed E-state index contributed by atoms with van der Waals surface area (Å²) in [5, 5.41) is 0. The van der Waals surface area contributed by atoms with Gasteiger partial charge in [-0.15, -0.1) is 0 Å².